The highest BCUT2D eigenvalue weighted by molar-refractivity contribution is 5.76. The zero-order valence-electron chi connectivity index (χ0n) is 19.7. The molecule has 4 aromatic rings. The highest BCUT2D eigenvalue weighted by atomic mass is 16.3. The van der Waals surface area contributed by atoms with Gasteiger partial charge in [-0.2, -0.15) is 5.10 Å². The van der Waals surface area contributed by atoms with Crippen LogP contribution in [0.3, 0.4) is 0 Å². The number of nitrogens with zero attached hydrogens (tertiary/aromatic N) is 4. The van der Waals surface area contributed by atoms with Crippen molar-refractivity contribution in [2.45, 2.75) is 57.2 Å². The zero-order valence-corrected chi connectivity index (χ0v) is 19.7. The topological polar surface area (TPSA) is 85.0 Å². The maximum atomic E-state index is 12.8. The second-order valence-corrected chi connectivity index (χ2v) is 9.82. The van der Waals surface area contributed by atoms with Gasteiger partial charge in [0.2, 0.25) is 0 Å². The van der Waals surface area contributed by atoms with Gasteiger partial charge in [0.05, 0.1) is 24.0 Å². The van der Waals surface area contributed by atoms with E-state index in [0.29, 0.717) is 18.8 Å². The van der Waals surface area contributed by atoms with Crippen molar-refractivity contribution >= 4 is 16.7 Å². The minimum Gasteiger partial charge on any atom is -0.503 e. The molecule has 1 aromatic carbocycles. The molecule has 0 amide bonds. The van der Waals surface area contributed by atoms with Gasteiger partial charge in [0.15, 0.2) is 11.4 Å². The summed E-state index contributed by atoms with van der Waals surface area (Å²) >= 11 is 0. The third-order valence-corrected chi connectivity index (χ3v) is 7.59. The fraction of sp³-hybridized carbons (Fsp3) is 0.321. The molecule has 178 valence electrons. The Bertz CT molecular complexity index is 1490. The molecule has 0 unspecified atom stereocenters. The van der Waals surface area contributed by atoms with Gasteiger partial charge in [-0.05, 0) is 55.0 Å². The van der Waals surface area contributed by atoms with Gasteiger partial charge < -0.3 is 15.0 Å². The van der Waals surface area contributed by atoms with E-state index in [2.05, 4.69) is 58.1 Å². The average molecular weight is 468 g/mol. The van der Waals surface area contributed by atoms with Gasteiger partial charge in [-0.1, -0.05) is 43.7 Å². The van der Waals surface area contributed by atoms with Crippen LogP contribution in [0.2, 0.25) is 0 Å². The Balaban J connectivity index is 1.53. The first-order valence-corrected chi connectivity index (χ1v) is 12.3. The summed E-state index contributed by atoms with van der Waals surface area (Å²) < 4.78 is 4.02. The van der Waals surface area contributed by atoms with Crippen LogP contribution in [0.25, 0.3) is 16.7 Å². The fourth-order valence-electron chi connectivity index (χ4n) is 5.70. The lowest BCUT2D eigenvalue weighted by Gasteiger charge is -2.32. The first-order valence-electron chi connectivity index (χ1n) is 12.3. The smallest absolute Gasteiger partial charge is 0.251 e. The minimum absolute atomic E-state index is 0.153. The van der Waals surface area contributed by atoms with Gasteiger partial charge >= 0.3 is 0 Å². The van der Waals surface area contributed by atoms with Gasteiger partial charge in [0, 0.05) is 23.8 Å². The van der Waals surface area contributed by atoms with E-state index in [0.717, 1.165) is 60.8 Å². The molecule has 3 aromatic heterocycles. The molecule has 4 heterocycles. The molecule has 0 atom stereocenters. The molecule has 2 N–H and O–H groups in total. The third-order valence-electron chi connectivity index (χ3n) is 7.59. The van der Waals surface area contributed by atoms with Gasteiger partial charge in [-0.25, -0.2) is 4.98 Å². The summed E-state index contributed by atoms with van der Waals surface area (Å²) in [4.78, 5) is 17.9. The van der Waals surface area contributed by atoms with Crippen LogP contribution in [0.1, 0.15) is 48.2 Å². The van der Waals surface area contributed by atoms with Crippen LogP contribution < -0.4 is 10.7 Å². The molecule has 0 saturated heterocycles. The number of aromatic hydroxyl groups is 1. The second kappa shape index (κ2) is 8.41. The van der Waals surface area contributed by atoms with Crippen molar-refractivity contribution in [1.29, 1.82) is 0 Å². The van der Waals surface area contributed by atoms with Crippen LogP contribution in [0.5, 0.6) is 5.75 Å². The SMILES string of the molecule is C=C1NCc2ccccc2CCc2ccc3ccn(c3n2)C2(CCCC2)Cn2cc(O)c(=O)c1n2. The van der Waals surface area contributed by atoms with Crippen LogP contribution >= 0.6 is 0 Å². The van der Waals surface area contributed by atoms with Crippen molar-refractivity contribution in [3.05, 3.63) is 94.2 Å². The van der Waals surface area contributed by atoms with Gasteiger partial charge in [0.25, 0.3) is 5.43 Å². The monoisotopic (exact) mass is 467 g/mol. The summed E-state index contributed by atoms with van der Waals surface area (Å²) in [6.07, 6.45) is 9.49. The lowest BCUT2D eigenvalue weighted by atomic mass is 9.97. The molecule has 1 aliphatic heterocycles. The Kier molecular flexibility index (Phi) is 5.20. The number of benzene rings is 1. The van der Waals surface area contributed by atoms with E-state index in [1.54, 1.807) is 4.68 Å². The van der Waals surface area contributed by atoms with E-state index in [-0.39, 0.29) is 17.0 Å². The van der Waals surface area contributed by atoms with Crippen molar-refractivity contribution < 1.29 is 5.11 Å². The molecule has 4 bridgehead atoms. The van der Waals surface area contributed by atoms with Crippen molar-refractivity contribution in [2.24, 2.45) is 0 Å². The molecule has 7 nitrogen and oxygen atoms in total. The molecule has 7 heteroatoms. The molecule has 1 fully saturated rings. The summed E-state index contributed by atoms with van der Waals surface area (Å²) in [5.41, 5.74) is 4.26. The maximum absolute atomic E-state index is 12.8. The number of nitrogens with one attached hydrogen (secondary N) is 1. The Hall–Kier alpha value is -3.87. The van der Waals surface area contributed by atoms with E-state index in [4.69, 9.17) is 4.98 Å². The van der Waals surface area contributed by atoms with Crippen molar-refractivity contribution in [3.8, 4) is 5.75 Å². The molecule has 1 saturated carbocycles. The molecule has 35 heavy (non-hydrogen) atoms. The summed E-state index contributed by atoms with van der Waals surface area (Å²) in [5.74, 6) is -0.314. The quantitative estimate of drug-likeness (QED) is 0.406. The Labute approximate surface area is 203 Å². The van der Waals surface area contributed by atoms with E-state index >= 15 is 0 Å². The van der Waals surface area contributed by atoms with E-state index in [9.17, 15) is 9.90 Å². The number of hydrogen-bond acceptors (Lipinski definition) is 5. The van der Waals surface area contributed by atoms with Crippen LogP contribution in [0, 0.1) is 0 Å². The maximum Gasteiger partial charge on any atom is 0.251 e. The Morgan fingerprint density at radius 2 is 1.83 bits per heavy atom. The zero-order chi connectivity index (χ0) is 24.0. The van der Waals surface area contributed by atoms with Gasteiger partial charge in [-0.3, -0.25) is 9.48 Å². The van der Waals surface area contributed by atoms with Crippen LogP contribution in [0.15, 0.2) is 66.2 Å². The fourth-order valence-corrected chi connectivity index (χ4v) is 5.70. The standard InChI is InChI=1S/C28H29N5O2/c1-19-25-26(35)24(34)17-32(31-25)18-28(13-4-5-14-28)33-15-12-21-9-11-23(30-27(21)33)10-8-20-6-2-3-7-22(20)16-29-19/h2-3,6-7,9,11-12,15,17,29,34H,1,4-5,8,10,13-14,16,18H2. The van der Waals surface area contributed by atoms with Crippen LogP contribution in [0.4, 0.5) is 0 Å². The number of pyridine rings is 1. The first-order chi connectivity index (χ1) is 17.0. The van der Waals surface area contributed by atoms with Crippen molar-refractivity contribution in [1.82, 2.24) is 24.6 Å². The van der Waals surface area contributed by atoms with Gasteiger partial charge in [0.1, 0.15) is 5.65 Å². The summed E-state index contributed by atoms with van der Waals surface area (Å²) in [7, 11) is 0. The normalized spacial score (nSPS) is 17.5. The van der Waals surface area contributed by atoms with Crippen molar-refractivity contribution in [2.75, 3.05) is 0 Å². The summed E-state index contributed by atoms with van der Waals surface area (Å²) in [6, 6.07) is 14.7. The summed E-state index contributed by atoms with van der Waals surface area (Å²) in [6.45, 7) is 5.14. The molecule has 2 aliphatic rings. The van der Waals surface area contributed by atoms with Gasteiger partial charge in [-0.15, -0.1) is 0 Å². The second-order valence-electron chi connectivity index (χ2n) is 9.82. The highest BCUT2D eigenvalue weighted by Crippen LogP contribution is 2.40. The number of aromatic nitrogens is 4. The lowest BCUT2D eigenvalue weighted by Crippen LogP contribution is -2.36. The predicted octanol–water partition coefficient (Wildman–Crippen LogP) is 4.13. The number of hydrogen-bond donors (Lipinski definition) is 2. The lowest BCUT2D eigenvalue weighted by molar-refractivity contribution is 0.240. The molecule has 0 radical (unpaired) electrons. The molecule has 1 aliphatic carbocycles. The molecular weight excluding hydrogens is 438 g/mol. The number of fused-ring (bicyclic) bond motifs is 5. The van der Waals surface area contributed by atoms with Crippen LogP contribution in [-0.4, -0.2) is 24.4 Å². The number of rotatable bonds is 0. The predicted molar refractivity (Wildman–Crippen MR) is 136 cm³/mol. The largest absolute Gasteiger partial charge is 0.503 e. The van der Waals surface area contributed by atoms with E-state index in [1.165, 1.54) is 11.8 Å². The van der Waals surface area contributed by atoms with E-state index in [1.807, 2.05) is 12.1 Å². The Morgan fingerprint density at radius 1 is 1.03 bits per heavy atom. The molecular formula is C28H29N5O2. The minimum atomic E-state index is -0.508. The highest BCUT2D eigenvalue weighted by Gasteiger charge is 2.37. The van der Waals surface area contributed by atoms with Crippen molar-refractivity contribution in [3.63, 3.8) is 0 Å². The first kappa shape index (κ1) is 21.6. The molecule has 1 spiro atoms. The molecule has 6 rings (SSSR count). The van der Waals surface area contributed by atoms with Crippen LogP contribution in [-0.2, 0) is 31.5 Å². The Morgan fingerprint density at radius 3 is 2.66 bits per heavy atom. The summed E-state index contributed by atoms with van der Waals surface area (Å²) in [5, 5.41) is 19.5. The average Bonchev–Trinajstić information content (AvgIpc) is 3.51. The van der Waals surface area contributed by atoms with E-state index < -0.39 is 5.43 Å². The third kappa shape index (κ3) is 3.81. The number of aryl methyl sites for hydroxylation is 2.